The first kappa shape index (κ1) is 11.9. The smallest absolute Gasteiger partial charge is 0.306 e. The molecule has 2 rings (SSSR count). The van der Waals surface area contributed by atoms with Crippen LogP contribution in [0.15, 0.2) is 0 Å². The fourth-order valence-electron chi connectivity index (χ4n) is 2.97. The van der Waals surface area contributed by atoms with Gasteiger partial charge in [-0.2, -0.15) is 0 Å². The number of hydrogen-bond acceptors (Lipinski definition) is 3. The average molecular weight is 227 g/mol. The molecule has 4 nitrogen and oxygen atoms in total. The molecule has 0 amide bonds. The normalized spacial score (nSPS) is 36.4. The number of carboxylic acid groups (broad SMARTS) is 1. The minimum Gasteiger partial charge on any atom is -0.481 e. The SMILES string of the molecule is COC1CCN(C2CCC(C(=O)O)CC2)C1. The van der Waals surface area contributed by atoms with Crippen LogP contribution in [0.1, 0.15) is 32.1 Å². The maximum Gasteiger partial charge on any atom is 0.306 e. The molecule has 1 saturated heterocycles. The van der Waals surface area contributed by atoms with Gasteiger partial charge in [0.15, 0.2) is 0 Å². The summed E-state index contributed by atoms with van der Waals surface area (Å²) in [6.07, 6.45) is 5.26. The van der Waals surface area contributed by atoms with E-state index in [-0.39, 0.29) is 5.92 Å². The van der Waals surface area contributed by atoms with E-state index in [9.17, 15) is 4.79 Å². The lowest BCUT2D eigenvalue weighted by Gasteiger charge is -2.33. The van der Waals surface area contributed by atoms with Gasteiger partial charge in [-0.3, -0.25) is 9.69 Å². The van der Waals surface area contributed by atoms with Crippen LogP contribution in [0.2, 0.25) is 0 Å². The van der Waals surface area contributed by atoms with Gasteiger partial charge in [0.05, 0.1) is 12.0 Å². The van der Waals surface area contributed by atoms with Gasteiger partial charge in [-0.25, -0.2) is 0 Å². The predicted octanol–water partition coefficient (Wildman–Crippen LogP) is 1.35. The maximum absolute atomic E-state index is 10.8. The lowest BCUT2D eigenvalue weighted by molar-refractivity contribution is -0.143. The number of likely N-dealkylation sites (tertiary alicyclic amines) is 1. The molecular formula is C12H21NO3. The lowest BCUT2D eigenvalue weighted by atomic mass is 9.85. The molecule has 16 heavy (non-hydrogen) atoms. The van der Waals surface area contributed by atoms with Gasteiger partial charge in [0, 0.05) is 26.2 Å². The number of hydrogen-bond donors (Lipinski definition) is 1. The van der Waals surface area contributed by atoms with Crippen LogP contribution in [-0.2, 0) is 9.53 Å². The third-order valence-corrected chi connectivity index (χ3v) is 4.07. The summed E-state index contributed by atoms with van der Waals surface area (Å²) >= 11 is 0. The number of ether oxygens (including phenoxy) is 1. The standard InChI is InChI=1S/C12H21NO3/c1-16-11-6-7-13(8-11)10-4-2-9(3-5-10)12(14)15/h9-11H,2-8H2,1H3,(H,14,15). The van der Waals surface area contributed by atoms with Crippen molar-refractivity contribution < 1.29 is 14.6 Å². The molecule has 4 heteroatoms. The Hall–Kier alpha value is -0.610. The molecule has 1 N–H and O–H groups in total. The third kappa shape index (κ3) is 2.55. The highest BCUT2D eigenvalue weighted by Crippen LogP contribution is 2.30. The minimum atomic E-state index is -0.616. The Labute approximate surface area is 96.6 Å². The van der Waals surface area contributed by atoms with Crippen LogP contribution in [0, 0.1) is 5.92 Å². The molecule has 1 aliphatic heterocycles. The first-order chi connectivity index (χ1) is 7.70. The highest BCUT2D eigenvalue weighted by atomic mass is 16.5. The number of carbonyl (C=O) groups is 1. The van der Waals surface area contributed by atoms with Gasteiger partial charge < -0.3 is 9.84 Å². The number of methoxy groups -OCH3 is 1. The zero-order valence-electron chi connectivity index (χ0n) is 9.89. The summed E-state index contributed by atoms with van der Waals surface area (Å²) in [5.74, 6) is -0.716. The monoisotopic (exact) mass is 227 g/mol. The van der Waals surface area contributed by atoms with Gasteiger partial charge in [-0.15, -0.1) is 0 Å². The van der Waals surface area contributed by atoms with Crippen molar-refractivity contribution in [1.82, 2.24) is 4.90 Å². The second-order valence-electron chi connectivity index (χ2n) is 4.99. The largest absolute Gasteiger partial charge is 0.481 e. The Bertz CT molecular complexity index is 249. The Kier molecular flexibility index (Phi) is 3.82. The van der Waals surface area contributed by atoms with Crippen molar-refractivity contribution in [3.63, 3.8) is 0 Å². The fraction of sp³-hybridized carbons (Fsp3) is 0.917. The number of nitrogens with zero attached hydrogens (tertiary/aromatic N) is 1. The average Bonchev–Trinajstić information content (AvgIpc) is 2.77. The Morgan fingerprint density at radius 2 is 1.94 bits per heavy atom. The Morgan fingerprint density at radius 1 is 1.25 bits per heavy atom. The lowest BCUT2D eigenvalue weighted by Crippen LogP contribution is -2.38. The van der Waals surface area contributed by atoms with Crippen molar-refractivity contribution in [2.45, 2.75) is 44.2 Å². The van der Waals surface area contributed by atoms with E-state index in [1.54, 1.807) is 7.11 Å². The van der Waals surface area contributed by atoms with E-state index in [4.69, 9.17) is 9.84 Å². The first-order valence-corrected chi connectivity index (χ1v) is 6.20. The predicted molar refractivity (Wildman–Crippen MR) is 60.4 cm³/mol. The second kappa shape index (κ2) is 5.15. The highest BCUT2D eigenvalue weighted by molar-refractivity contribution is 5.70. The zero-order valence-corrected chi connectivity index (χ0v) is 9.89. The molecule has 0 aromatic heterocycles. The topological polar surface area (TPSA) is 49.8 Å². The van der Waals surface area contributed by atoms with E-state index in [2.05, 4.69) is 4.90 Å². The molecule has 92 valence electrons. The van der Waals surface area contributed by atoms with Crippen molar-refractivity contribution in [3.05, 3.63) is 0 Å². The molecule has 1 saturated carbocycles. The van der Waals surface area contributed by atoms with Crippen LogP contribution in [0.5, 0.6) is 0 Å². The molecule has 2 aliphatic rings. The number of aliphatic carboxylic acids is 1. The summed E-state index contributed by atoms with van der Waals surface area (Å²) in [5, 5.41) is 8.94. The van der Waals surface area contributed by atoms with E-state index in [1.807, 2.05) is 0 Å². The molecule has 0 spiro atoms. The summed E-state index contributed by atoms with van der Waals surface area (Å²) < 4.78 is 5.36. The molecule has 2 fully saturated rings. The summed E-state index contributed by atoms with van der Waals surface area (Å²) in [4.78, 5) is 13.3. The van der Waals surface area contributed by atoms with Gasteiger partial charge in [0.1, 0.15) is 0 Å². The molecule has 0 aromatic carbocycles. The van der Waals surface area contributed by atoms with Crippen LogP contribution in [-0.4, -0.2) is 48.3 Å². The molecule has 1 atom stereocenters. The highest BCUT2D eigenvalue weighted by Gasteiger charge is 2.32. The van der Waals surface area contributed by atoms with Crippen molar-refractivity contribution in [1.29, 1.82) is 0 Å². The quantitative estimate of drug-likeness (QED) is 0.790. The molecule has 1 unspecified atom stereocenters. The Balaban J connectivity index is 1.79. The molecule has 0 bridgehead atoms. The second-order valence-corrected chi connectivity index (χ2v) is 4.99. The molecule has 0 aromatic rings. The molecular weight excluding hydrogens is 206 g/mol. The van der Waals surface area contributed by atoms with Crippen LogP contribution in [0.25, 0.3) is 0 Å². The fourth-order valence-corrected chi connectivity index (χ4v) is 2.97. The van der Waals surface area contributed by atoms with E-state index in [0.717, 1.165) is 45.2 Å². The van der Waals surface area contributed by atoms with Crippen molar-refractivity contribution >= 4 is 5.97 Å². The first-order valence-electron chi connectivity index (χ1n) is 6.20. The summed E-state index contributed by atoms with van der Waals surface area (Å²) in [7, 11) is 1.77. The van der Waals surface area contributed by atoms with Crippen LogP contribution < -0.4 is 0 Å². The maximum atomic E-state index is 10.8. The van der Waals surface area contributed by atoms with Gasteiger partial charge in [0.25, 0.3) is 0 Å². The minimum absolute atomic E-state index is 0.0999. The van der Waals surface area contributed by atoms with Gasteiger partial charge >= 0.3 is 5.97 Å². The zero-order chi connectivity index (χ0) is 11.5. The van der Waals surface area contributed by atoms with Crippen LogP contribution in [0.4, 0.5) is 0 Å². The summed E-state index contributed by atoms with van der Waals surface area (Å²) in [6, 6.07) is 0.593. The van der Waals surface area contributed by atoms with Gasteiger partial charge in [-0.05, 0) is 32.1 Å². The van der Waals surface area contributed by atoms with Crippen molar-refractivity contribution in [2.75, 3.05) is 20.2 Å². The summed E-state index contributed by atoms with van der Waals surface area (Å²) in [5.41, 5.74) is 0. The van der Waals surface area contributed by atoms with Gasteiger partial charge in [-0.1, -0.05) is 0 Å². The van der Waals surface area contributed by atoms with E-state index < -0.39 is 5.97 Å². The van der Waals surface area contributed by atoms with E-state index >= 15 is 0 Å². The van der Waals surface area contributed by atoms with E-state index in [1.165, 1.54) is 0 Å². The number of rotatable bonds is 3. The van der Waals surface area contributed by atoms with Crippen LogP contribution >= 0.6 is 0 Å². The van der Waals surface area contributed by atoms with Crippen molar-refractivity contribution in [3.8, 4) is 0 Å². The molecule has 1 heterocycles. The van der Waals surface area contributed by atoms with E-state index in [0.29, 0.717) is 12.1 Å². The van der Waals surface area contributed by atoms with Crippen LogP contribution in [0.3, 0.4) is 0 Å². The number of carboxylic acids is 1. The molecule has 0 radical (unpaired) electrons. The third-order valence-electron chi connectivity index (χ3n) is 4.07. The molecule has 1 aliphatic carbocycles. The Morgan fingerprint density at radius 3 is 2.44 bits per heavy atom. The van der Waals surface area contributed by atoms with Gasteiger partial charge in [0.2, 0.25) is 0 Å². The summed E-state index contributed by atoms with van der Waals surface area (Å²) in [6.45, 7) is 2.14. The van der Waals surface area contributed by atoms with Crippen molar-refractivity contribution in [2.24, 2.45) is 5.92 Å².